The molecule has 0 radical (unpaired) electrons. The van der Waals surface area contributed by atoms with Crippen LogP contribution in [0.15, 0.2) is 28.4 Å². The van der Waals surface area contributed by atoms with Crippen molar-refractivity contribution in [3.05, 3.63) is 38.4 Å². The summed E-state index contributed by atoms with van der Waals surface area (Å²) in [6.45, 7) is 0. The molecule has 9 heteroatoms. The van der Waals surface area contributed by atoms with Gasteiger partial charge in [-0.1, -0.05) is 58.0 Å². The van der Waals surface area contributed by atoms with Crippen molar-refractivity contribution in [1.82, 2.24) is 0 Å². The van der Waals surface area contributed by atoms with Crippen LogP contribution in [-0.2, 0) is 14.3 Å². The minimum absolute atomic E-state index is 0.0985. The number of amides is 1. The topological polar surface area (TPSA) is 46.6 Å². The average molecular weight is 403 g/mol. The third-order valence-corrected chi connectivity index (χ3v) is 4.44. The smallest absolute Gasteiger partial charge is 0.333 e. The van der Waals surface area contributed by atoms with E-state index < -0.39 is 16.8 Å². The molecule has 1 aliphatic heterocycles. The molecule has 1 fully saturated rings. The highest BCUT2D eigenvalue weighted by Gasteiger charge is 2.55. The molecule has 0 bridgehead atoms. The minimum atomic E-state index is -1.81. The second kappa shape index (κ2) is 6.46. The molecule has 0 saturated carbocycles. The Morgan fingerprint density at radius 1 is 1.32 bits per heavy atom. The number of carbonyl (C=O) groups excluding carboxylic acids is 2. The standard InChI is InChI=1S/C13H8Cl5NO3/c1-22-12(21)13(18)5-9(20)19(10(13)11(16)17)8-3-2-6(14)4-7(8)15/h2-4H,5H2,1H3. The van der Waals surface area contributed by atoms with Crippen LogP contribution in [0.25, 0.3) is 0 Å². The molecule has 1 saturated heterocycles. The van der Waals surface area contributed by atoms with Crippen molar-refractivity contribution >= 4 is 75.6 Å². The van der Waals surface area contributed by atoms with Gasteiger partial charge in [-0.25, -0.2) is 4.79 Å². The third kappa shape index (κ3) is 2.91. The van der Waals surface area contributed by atoms with Crippen molar-refractivity contribution < 1.29 is 14.3 Å². The Morgan fingerprint density at radius 3 is 2.45 bits per heavy atom. The molecular formula is C13H8Cl5NO3. The minimum Gasteiger partial charge on any atom is -0.467 e. The van der Waals surface area contributed by atoms with Gasteiger partial charge in [0.25, 0.3) is 0 Å². The number of carbonyl (C=O) groups is 2. The normalized spacial score (nSPS) is 21.3. The molecule has 1 amide bonds. The second-order valence-electron chi connectivity index (χ2n) is 4.40. The van der Waals surface area contributed by atoms with Crippen LogP contribution in [0.1, 0.15) is 6.42 Å². The predicted octanol–water partition coefficient (Wildman–Crippen LogP) is 4.53. The number of esters is 1. The first-order valence-electron chi connectivity index (χ1n) is 5.83. The molecule has 1 aliphatic rings. The van der Waals surface area contributed by atoms with E-state index >= 15 is 0 Å². The van der Waals surface area contributed by atoms with Gasteiger partial charge in [-0.05, 0) is 18.2 Å². The lowest BCUT2D eigenvalue weighted by Crippen LogP contribution is -2.35. The van der Waals surface area contributed by atoms with Crippen LogP contribution in [-0.4, -0.2) is 23.9 Å². The third-order valence-electron chi connectivity index (χ3n) is 3.08. The van der Waals surface area contributed by atoms with E-state index in [-0.39, 0.29) is 27.3 Å². The molecule has 1 aromatic rings. The van der Waals surface area contributed by atoms with Gasteiger partial charge in [-0.15, -0.1) is 0 Å². The van der Waals surface area contributed by atoms with Crippen LogP contribution in [0.3, 0.4) is 0 Å². The van der Waals surface area contributed by atoms with Gasteiger partial charge in [0.15, 0.2) is 4.87 Å². The fourth-order valence-corrected chi connectivity index (χ4v) is 3.61. The average Bonchev–Trinajstić information content (AvgIpc) is 2.70. The Morgan fingerprint density at radius 2 is 1.95 bits per heavy atom. The van der Waals surface area contributed by atoms with E-state index in [0.717, 1.165) is 12.0 Å². The number of nitrogens with zero attached hydrogens (tertiary/aromatic N) is 1. The lowest BCUT2D eigenvalue weighted by atomic mass is 10.1. The zero-order valence-corrected chi connectivity index (χ0v) is 14.8. The lowest BCUT2D eigenvalue weighted by molar-refractivity contribution is -0.143. The zero-order valence-electron chi connectivity index (χ0n) is 11.0. The van der Waals surface area contributed by atoms with Crippen molar-refractivity contribution in [2.45, 2.75) is 11.3 Å². The summed E-state index contributed by atoms with van der Waals surface area (Å²) in [6.07, 6.45) is -0.363. The number of benzene rings is 1. The maximum atomic E-state index is 12.4. The maximum Gasteiger partial charge on any atom is 0.333 e. The van der Waals surface area contributed by atoms with Crippen LogP contribution in [0, 0.1) is 0 Å². The number of hydrogen-bond donors (Lipinski definition) is 0. The van der Waals surface area contributed by atoms with Crippen LogP contribution >= 0.6 is 58.0 Å². The predicted molar refractivity (Wildman–Crippen MR) is 87.9 cm³/mol. The Bertz CT molecular complexity index is 686. The van der Waals surface area contributed by atoms with Crippen LogP contribution < -0.4 is 4.90 Å². The van der Waals surface area contributed by atoms with Crippen molar-refractivity contribution in [3.63, 3.8) is 0 Å². The number of alkyl halides is 1. The van der Waals surface area contributed by atoms with E-state index in [2.05, 4.69) is 4.74 Å². The van der Waals surface area contributed by atoms with Gasteiger partial charge in [0, 0.05) is 5.02 Å². The van der Waals surface area contributed by atoms with Crippen LogP contribution in [0.2, 0.25) is 10.0 Å². The number of ether oxygens (including phenoxy) is 1. The van der Waals surface area contributed by atoms with Gasteiger partial charge in [-0.3, -0.25) is 9.69 Å². The molecule has 0 aromatic heterocycles. The molecule has 1 unspecified atom stereocenters. The zero-order chi connectivity index (χ0) is 16.7. The number of hydrogen-bond acceptors (Lipinski definition) is 3. The fraction of sp³-hybridized carbons (Fsp3) is 0.231. The van der Waals surface area contributed by atoms with E-state index in [1.165, 1.54) is 18.2 Å². The second-order valence-corrected chi connectivity index (χ2v) is 6.84. The molecule has 1 aromatic carbocycles. The Labute approximate surface area is 151 Å². The first-order valence-corrected chi connectivity index (χ1v) is 7.72. The van der Waals surface area contributed by atoms with Crippen molar-refractivity contribution in [3.8, 4) is 0 Å². The summed E-state index contributed by atoms with van der Waals surface area (Å²) in [4.78, 5) is 23.6. The Kier molecular flexibility index (Phi) is 5.20. The summed E-state index contributed by atoms with van der Waals surface area (Å²) < 4.78 is 4.31. The van der Waals surface area contributed by atoms with E-state index in [9.17, 15) is 9.59 Å². The van der Waals surface area contributed by atoms with E-state index in [1.54, 1.807) is 0 Å². The first kappa shape index (κ1) is 17.7. The largest absolute Gasteiger partial charge is 0.467 e. The van der Waals surface area contributed by atoms with E-state index in [4.69, 9.17) is 58.0 Å². The van der Waals surface area contributed by atoms with Gasteiger partial charge in [0.2, 0.25) is 5.91 Å². The lowest BCUT2D eigenvalue weighted by Gasteiger charge is -2.24. The summed E-state index contributed by atoms with van der Waals surface area (Å²) in [5.41, 5.74) is 0.162. The van der Waals surface area contributed by atoms with Gasteiger partial charge in [-0.2, -0.15) is 0 Å². The number of methoxy groups -OCH3 is 1. The summed E-state index contributed by atoms with van der Waals surface area (Å²) in [5, 5.41) is 0.562. The van der Waals surface area contributed by atoms with Gasteiger partial charge in [0.05, 0.1) is 29.9 Å². The van der Waals surface area contributed by atoms with Crippen molar-refractivity contribution in [2.24, 2.45) is 0 Å². The molecule has 0 aliphatic carbocycles. The summed E-state index contributed by atoms with van der Waals surface area (Å²) in [6, 6.07) is 4.47. The maximum absolute atomic E-state index is 12.4. The van der Waals surface area contributed by atoms with Gasteiger partial charge in [0.1, 0.15) is 4.49 Å². The highest BCUT2D eigenvalue weighted by Crippen LogP contribution is 2.47. The highest BCUT2D eigenvalue weighted by atomic mass is 35.5. The van der Waals surface area contributed by atoms with Crippen molar-refractivity contribution in [1.29, 1.82) is 0 Å². The highest BCUT2D eigenvalue weighted by molar-refractivity contribution is 6.58. The molecule has 2 rings (SSSR count). The molecular weight excluding hydrogens is 395 g/mol. The molecule has 0 N–H and O–H groups in total. The molecule has 0 spiro atoms. The summed E-state index contributed by atoms with van der Waals surface area (Å²) in [7, 11) is 1.15. The molecule has 4 nitrogen and oxygen atoms in total. The van der Waals surface area contributed by atoms with Crippen LogP contribution in [0.4, 0.5) is 5.69 Å². The van der Waals surface area contributed by atoms with E-state index in [0.29, 0.717) is 5.02 Å². The molecule has 1 heterocycles. The monoisotopic (exact) mass is 401 g/mol. The number of rotatable bonds is 2. The first-order chi connectivity index (χ1) is 10.2. The van der Waals surface area contributed by atoms with Gasteiger partial charge >= 0.3 is 5.97 Å². The van der Waals surface area contributed by atoms with Crippen molar-refractivity contribution in [2.75, 3.05) is 12.0 Å². The number of halogens is 5. The SMILES string of the molecule is COC(=O)C1(Cl)CC(=O)N(c2ccc(Cl)cc2Cl)C1=C(Cl)Cl. The quantitative estimate of drug-likeness (QED) is 0.539. The molecule has 118 valence electrons. The Balaban J connectivity index is 2.64. The molecule has 22 heavy (non-hydrogen) atoms. The number of anilines is 1. The Hall–Kier alpha value is -0.650. The molecule has 1 atom stereocenters. The van der Waals surface area contributed by atoms with Crippen LogP contribution in [0.5, 0.6) is 0 Å². The summed E-state index contributed by atoms with van der Waals surface area (Å²) in [5.74, 6) is -1.35. The van der Waals surface area contributed by atoms with Gasteiger partial charge < -0.3 is 4.74 Å². The van der Waals surface area contributed by atoms with E-state index in [1.807, 2.05) is 0 Å². The fourth-order valence-electron chi connectivity index (χ4n) is 2.16. The summed E-state index contributed by atoms with van der Waals surface area (Å²) >= 11 is 29.9.